The number of rotatable bonds is 5. The molecule has 1 aliphatic carbocycles. The monoisotopic (exact) mass is 346 g/mol. The Bertz CT molecular complexity index is 564. The molecule has 0 radical (unpaired) electrons. The van der Waals surface area contributed by atoms with Gasteiger partial charge < -0.3 is 9.80 Å². The lowest BCUT2D eigenvalue weighted by Gasteiger charge is -2.38. The highest BCUT2D eigenvalue weighted by Gasteiger charge is 2.35. The van der Waals surface area contributed by atoms with Gasteiger partial charge in [-0.15, -0.1) is 0 Å². The second-order valence-electron chi connectivity index (χ2n) is 7.54. The molecular weight excluding hydrogens is 316 g/mol. The van der Waals surface area contributed by atoms with Crippen LogP contribution in [0.3, 0.4) is 0 Å². The van der Waals surface area contributed by atoms with Crippen molar-refractivity contribution in [1.82, 2.24) is 20.0 Å². The molecule has 1 atom stereocenters. The molecule has 6 heteroatoms. The quantitative estimate of drug-likeness (QED) is 0.832. The normalized spacial score (nSPS) is 22.7. The van der Waals surface area contributed by atoms with E-state index in [4.69, 9.17) is 0 Å². The first-order valence-electron chi connectivity index (χ1n) is 9.67. The second-order valence-corrected chi connectivity index (χ2v) is 7.54. The molecule has 0 spiro atoms. The molecule has 0 unspecified atom stereocenters. The van der Waals surface area contributed by atoms with E-state index in [0.29, 0.717) is 32.0 Å². The lowest BCUT2D eigenvalue weighted by atomic mass is 9.93. The average Bonchev–Trinajstić information content (AvgIpc) is 3.00. The number of piperidine rings is 1. The SMILES string of the molecule is CN(CCc1cn[nH]c1)C(=O)[C@@H]1CCC(=O)N(C2CCCCCC2)C1. The van der Waals surface area contributed by atoms with Gasteiger partial charge in [-0.25, -0.2) is 0 Å². The van der Waals surface area contributed by atoms with E-state index in [-0.39, 0.29) is 17.7 Å². The fourth-order valence-corrected chi connectivity index (χ4v) is 4.13. The maximum atomic E-state index is 12.8. The number of nitrogens with zero attached hydrogens (tertiary/aromatic N) is 3. The van der Waals surface area contributed by atoms with E-state index in [0.717, 1.165) is 24.8 Å². The Morgan fingerprint density at radius 1 is 1.28 bits per heavy atom. The minimum absolute atomic E-state index is 0.0460. The Balaban J connectivity index is 1.55. The number of likely N-dealkylation sites (N-methyl/N-ethyl adjacent to an activating group) is 1. The Labute approximate surface area is 149 Å². The van der Waals surface area contributed by atoms with E-state index in [2.05, 4.69) is 10.2 Å². The summed E-state index contributed by atoms with van der Waals surface area (Å²) in [7, 11) is 1.87. The summed E-state index contributed by atoms with van der Waals surface area (Å²) in [6, 6.07) is 0.349. The Kier molecular flexibility index (Phi) is 6.10. The van der Waals surface area contributed by atoms with Gasteiger partial charge in [0.1, 0.15) is 0 Å². The van der Waals surface area contributed by atoms with E-state index >= 15 is 0 Å². The fraction of sp³-hybridized carbons (Fsp3) is 0.737. The van der Waals surface area contributed by atoms with Gasteiger partial charge in [-0.1, -0.05) is 25.7 Å². The summed E-state index contributed by atoms with van der Waals surface area (Å²) in [5.74, 6) is 0.377. The van der Waals surface area contributed by atoms with Crippen LogP contribution in [0.25, 0.3) is 0 Å². The van der Waals surface area contributed by atoms with E-state index in [1.807, 2.05) is 23.0 Å². The van der Waals surface area contributed by atoms with Crippen LogP contribution in [0, 0.1) is 5.92 Å². The summed E-state index contributed by atoms with van der Waals surface area (Å²) >= 11 is 0. The summed E-state index contributed by atoms with van der Waals surface area (Å²) in [5.41, 5.74) is 1.11. The van der Waals surface area contributed by atoms with Crippen LogP contribution in [-0.2, 0) is 16.0 Å². The maximum Gasteiger partial charge on any atom is 0.227 e. The van der Waals surface area contributed by atoms with Gasteiger partial charge in [0.2, 0.25) is 11.8 Å². The highest BCUT2D eigenvalue weighted by Crippen LogP contribution is 2.28. The molecule has 1 aliphatic heterocycles. The second kappa shape index (κ2) is 8.50. The number of aromatic nitrogens is 2. The van der Waals surface area contributed by atoms with Crippen molar-refractivity contribution < 1.29 is 9.59 Å². The van der Waals surface area contributed by atoms with Gasteiger partial charge in [0, 0.05) is 38.8 Å². The van der Waals surface area contributed by atoms with Gasteiger partial charge in [-0.2, -0.15) is 5.10 Å². The summed E-state index contributed by atoms with van der Waals surface area (Å²) in [4.78, 5) is 29.1. The van der Waals surface area contributed by atoms with Gasteiger partial charge in [-0.05, 0) is 31.2 Å². The predicted molar refractivity (Wildman–Crippen MR) is 95.9 cm³/mol. The first kappa shape index (κ1) is 18.0. The van der Waals surface area contributed by atoms with Crippen LogP contribution in [0.5, 0.6) is 0 Å². The van der Waals surface area contributed by atoms with E-state index in [9.17, 15) is 9.59 Å². The lowest BCUT2D eigenvalue weighted by Crippen LogP contribution is -2.50. The molecule has 1 saturated carbocycles. The number of carbonyl (C=O) groups is 2. The summed E-state index contributed by atoms with van der Waals surface area (Å²) < 4.78 is 0. The summed E-state index contributed by atoms with van der Waals surface area (Å²) in [6.07, 6.45) is 12.8. The molecule has 0 aromatic carbocycles. The van der Waals surface area contributed by atoms with Gasteiger partial charge in [0.05, 0.1) is 12.1 Å². The van der Waals surface area contributed by atoms with Crippen molar-refractivity contribution in [3.8, 4) is 0 Å². The Morgan fingerprint density at radius 2 is 2.04 bits per heavy atom. The van der Waals surface area contributed by atoms with Crippen LogP contribution in [0.2, 0.25) is 0 Å². The van der Waals surface area contributed by atoms with Gasteiger partial charge in [0.25, 0.3) is 0 Å². The van der Waals surface area contributed by atoms with Crippen LogP contribution in [0.1, 0.15) is 56.9 Å². The lowest BCUT2D eigenvalue weighted by molar-refractivity contribution is -0.144. The topological polar surface area (TPSA) is 69.3 Å². The molecule has 1 saturated heterocycles. The van der Waals surface area contributed by atoms with Crippen LogP contribution < -0.4 is 0 Å². The molecule has 0 bridgehead atoms. The standard InChI is InChI=1S/C19H30N4O2/c1-22(11-10-15-12-20-21-13-15)19(25)16-8-9-18(24)23(14-16)17-6-4-2-3-5-7-17/h12-13,16-17H,2-11,14H2,1H3,(H,20,21)/t16-/m1/s1. The van der Waals surface area contributed by atoms with Crippen molar-refractivity contribution in [1.29, 1.82) is 0 Å². The smallest absolute Gasteiger partial charge is 0.227 e. The van der Waals surface area contributed by atoms with Crippen molar-refractivity contribution in [2.75, 3.05) is 20.1 Å². The molecule has 2 aliphatic rings. The highest BCUT2D eigenvalue weighted by molar-refractivity contribution is 5.84. The van der Waals surface area contributed by atoms with Crippen LogP contribution in [0.15, 0.2) is 12.4 Å². The zero-order chi connectivity index (χ0) is 17.6. The molecule has 2 amide bonds. The third kappa shape index (κ3) is 4.61. The predicted octanol–water partition coefficient (Wildman–Crippen LogP) is 2.37. The number of nitrogens with one attached hydrogen (secondary N) is 1. The van der Waals surface area contributed by atoms with Crippen molar-refractivity contribution in [3.63, 3.8) is 0 Å². The number of carbonyl (C=O) groups excluding carboxylic acids is 2. The number of hydrogen-bond donors (Lipinski definition) is 1. The van der Waals surface area contributed by atoms with Gasteiger partial charge in [-0.3, -0.25) is 14.7 Å². The van der Waals surface area contributed by atoms with E-state index < -0.39 is 0 Å². The molecule has 1 aromatic rings. The minimum atomic E-state index is -0.0460. The summed E-state index contributed by atoms with van der Waals surface area (Å²) in [5, 5.41) is 6.74. The molecule has 2 heterocycles. The Hall–Kier alpha value is -1.85. The number of hydrogen-bond acceptors (Lipinski definition) is 3. The molecule has 1 N–H and O–H groups in total. The summed E-state index contributed by atoms with van der Waals surface area (Å²) in [6.45, 7) is 1.30. The third-order valence-electron chi connectivity index (χ3n) is 5.73. The van der Waals surface area contributed by atoms with Crippen LogP contribution in [0.4, 0.5) is 0 Å². The Morgan fingerprint density at radius 3 is 2.72 bits per heavy atom. The van der Waals surface area contributed by atoms with E-state index in [1.165, 1.54) is 25.7 Å². The molecule has 6 nitrogen and oxygen atoms in total. The van der Waals surface area contributed by atoms with Crippen LogP contribution >= 0.6 is 0 Å². The largest absolute Gasteiger partial charge is 0.345 e. The van der Waals surface area contributed by atoms with Crippen molar-refractivity contribution in [3.05, 3.63) is 18.0 Å². The molecule has 138 valence electrons. The molecule has 3 rings (SSSR count). The molecule has 2 fully saturated rings. The highest BCUT2D eigenvalue weighted by atomic mass is 16.2. The molecular formula is C19H30N4O2. The maximum absolute atomic E-state index is 12.8. The number of aromatic amines is 1. The number of likely N-dealkylation sites (tertiary alicyclic amines) is 1. The van der Waals surface area contributed by atoms with Crippen LogP contribution in [-0.4, -0.2) is 58.0 Å². The van der Waals surface area contributed by atoms with Gasteiger partial charge in [0.15, 0.2) is 0 Å². The van der Waals surface area contributed by atoms with Crippen molar-refractivity contribution in [2.45, 2.75) is 63.8 Å². The van der Waals surface area contributed by atoms with Crippen molar-refractivity contribution >= 4 is 11.8 Å². The third-order valence-corrected chi connectivity index (χ3v) is 5.73. The number of amides is 2. The zero-order valence-electron chi connectivity index (χ0n) is 15.2. The fourth-order valence-electron chi connectivity index (χ4n) is 4.13. The van der Waals surface area contributed by atoms with Gasteiger partial charge >= 0.3 is 0 Å². The average molecular weight is 346 g/mol. The minimum Gasteiger partial charge on any atom is -0.345 e. The molecule has 1 aromatic heterocycles. The number of H-pyrrole nitrogens is 1. The van der Waals surface area contributed by atoms with E-state index in [1.54, 1.807) is 6.20 Å². The molecule has 25 heavy (non-hydrogen) atoms. The first-order chi connectivity index (χ1) is 12.1. The zero-order valence-corrected chi connectivity index (χ0v) is 15.2. The first-order valence-corrected chi connectivity index (χ1v) is 9.67. The van der Waals surface area contributed by atoms with Crippen molar-refractivity contribution in [2.24, 2.45) is 5.92 Å².